The maximum Gasteiger partial charge on any atom is 0.0278 e. The minimum atomic E-state index is 0.748. The summed E-state index contributed by atoms with van der Waals surface area (Å²) in [4.78, 5) is 5.31. The van der Waals surface area contributed by atoms with Gasteiger partial charge in [-0.25, -0.2) is 0 Å². The Morgan fingerprint density at radius 1 is 1.33 bits per heavy atom. The van der Waals surface area contributed by atoms with E-state index in [2.05, 4.69) is 36.3 Å². The van der Waals surface area contributed by atoms with Crippen LogP contribution in [0.1, 0.15) is 20.3 Å². The highest BCUT2D eigenvalue weighted by atomic mass is 32.2. The van der Waals surface area contributed by atoms with Gasteiger partial charge in [-0.3, -0.25) is 4.98 Å². The van der Waals surface area contributed by atoms with Crippen molar-refractivity contribution in [3.05, 3.63) is 24.5 Å². The van der Waals surface area contributed by atoms with Gasteiger partial charge in [-0.15, -0.1) is 11.8 Å². The fraction of sp³-hybridized carbons (Fsp3) is 0.583. The Kier molecular flexibility index (Phi) is 6.44. The van der Waals surface area contributed by atoms with Crippen LogP contribution in [0.3, 0.4) is 0 Å². The largest absolute Gasteiger partial charge is 0.316 e. The second-order valence-corrected chi connectivity index (χ2v) is 5.15. The molecule has 0 aromatic carbocycles. The van der Waals surface area contributed by atoms with E-state index in [9.17, 15) is 0 Å². The van der Waals surface area contributed by atoms with E-state index >= 15 is 0 Å². The third-order valence-electron chi connectivity index (χ3n) is 1.97. The van der Waals surface area contributed by atoms with Crippen LogP contribution in [-0.4, -0.2) is 23.8 Å². The molecular weight excluding hydrogens is 204 g/mol. The molecule has 0 aliphatic rings. The van der Waals surface area contributed by atoms with Crippen LogP contribution in [0.25, 0.3) is 0 Å². The smallest absolute Gasteiger partial charge is 0.0278 e. The van der Waals surface area contributed by atoms with Crippen LogP contribution in [0.2, 0.25) is 0 Å². The molecule has 0 bridgehead atoms. The third-order valence-corrected chi connectivity index (χ3v) is 3.07. The molecule has 0 fully saturated rings. The number of rotatable bonds is 7. The molecule has 0 radical (unpaired) electrons. The lowest BCUT2D eigenvalue weighted by Crippen LogP contribution is -2.21. The molecule has 0 saturated carbocycles. The van der Waals surface area contributed by atoms with Crippen molar-refractivity contribution in [3.8, 4) is 0 Å². The van der Waals surface area contributed by atoms with E-state index in [-0.39, 0.29) is 0 Å². The van der Waals surface area contributed by atoms with Crippen LogP contribution in [0.4, 0.5) is 0 Å². The Balaban J connectivity index is 1.98. The molecular formula is C12H20N2S. The van der Waals surface area contributed by atoms with Crippen LogP contribution in [0.15, 0.2) is 29.4 Å². The summed E-state index contributed by atoms with van der Waals surface area (Å²) in [6.07, 6.45) is 4.92. The predicted molar refractivity (Wildman–Crippen MR) is 67.3 cm³/mol. The molecule has 1 rings (SSSR count). The zero-order valence-corrected chi connectivity index (χ0v) is 10.4. The van der Waals surface area contributed by atoms with Crippen molar-refractivity contribution >= 4 is 11.8 Å². The number of thioether (sulfide) groups is 1. The first kappa shape index (κ1) is 12.5. The average molecular weight is 224 g/mol. The van der Waals surface area contributed by atoms with Gasteiger partial charge in [0.2, 0.25) is 0 Å². The average Bonchev–Trinajstić information content (AvgIpc) is 2.24. The fourth-order valence-corrected chi connectivity index (χ4v) is 2.05. The van der Waals surface area contributed by atoms with E-state index in [1.165, 1.54) is 17.1 Å². The first-order valence-corrected chi connectivity index (χ1v) is 6.51. The first-order chi connectivity index (χ1) is 7.29. The third kappa shape index (κ3) is 6.52. The number of pyridine rings is 1. The quantitative estimate of drug-likeness (QED) is 0.569. The van der Waals surface area contributed by atoms with Crippen LogP contribution in [0.5, 0.6) is 0 Å². The van der Waals surface area contributed by atoms with E-state index in [0.29, 0.717) is 0 Å². The van der Waals surface area contributed by atoms with Crippen LogP contribution >= 0.6 is 11.8 Å². The van der Waals surface area contributed by atoms with Crippen molar-refractivity contribution < 1.29 is 0 Å². The summed E-state index contributed by atoms with van der Waals surface area (Å²) in [6.45, 7) is 6.72. The molecule has 0 atom stereocenters. The number of hydrogen-bond donors (Lipinski definition) is 1. The van der Waals surface area contributed by atoms with Gasteiger partial charge >= 0.3 is 0 Å². The molecule has 1 N–H and O–H groups in total. The summed E-state index contributed by atoms with van der Waals surface area (Å²) >= 11 is 1.90. The lowest BCUT2D eigenvalue weighted by Gasteiger charge is -2.06. The Morgan fingerprint density at radius 3 is 2.73 bits per heavy atom. The highest BCUT2D eigenvalue weighted by Gasteiger charge is 1.94. The fourth-order valence-electron chi connectivity index (χ4n) is 1.21. The van der Waals surface area contributed by atoms with E-state index in [4.69, 9.17) is 0 Å². The lowest BCUT2D eigenvalue weighted by molar-refractivity contribution is 0.552. The topological polar surface area (TPSA) is 24.9 Å². The molecule has 2 nitrogen and oxygen atoms in total. The summed E-state index contributed by atoms with van der Waals surface area (Å²) in [5, 5.41) is 3.45. The van der Waals surface area contributed by atoms with Crippen LogP contribution in [-0.2, 0) is 0 Å². The summed E-state index contributed by atoms with van der Waals surface area (Å²) in [7, 11) is 0. The minimum Gasteiger partial charge on any atom is -0.316 e. The highest BCUT2D eigenvalue weighted by Crippen LogP contribution is 2.16. The SMILES string of the molecule is CC(C)CNCCCSc1ccncc1. The number of nitrogens with zero attached hydrogens (tertiary/aromatic N) is 1. The zero-order valence-electron chi connectivity index (χ0n) is 9.57. The van der Waals surface area contributed by atoms with Crippen LogP contribution < -0.4 is 5.32 Å². The lowest BCUT2D eigenvalue weighted by atomic mass is 10.2. The Labute approximate surface area is 96.9 Å². The maximum atomic E-state index is 4.00. The molecule has 1 heterocycles. The molecule has 0 spiro atoms. The number of aromatic nitrogens is 1. The molecule has 0 saturated heterocycles. The van der Waals surface area contributed by atoms with Crippen LogP contribution in [0, 0.1) is 5.92 Å². The Morgan fingerprint density at radius 2 is 2.07 bits per heavy atom. The van der Waals surface area contributed by atoms with Gasteiger partial charge in [-0.05, 0) is 43.3 Å². The zero-order chi connectivity index (χ0) is 10.9. The monoisotopic (exact) mass is 224 g/mol. The molecule has 84 valence electrons. The van der Waals surface area contributed by atoms with E-state index in [0.717, 1.165) is 19.0 Å². The van der Waals surface area contributed by atoms with Gasteiger partial charge < -0.3 is 5.32 Å². The van der Waals surface area contributed by atoms with Gasteiger partial charge in [0.1, 0.15) is 0 Å². The van der Waals surface area contributed by atoms with E-state index in [1.54, 1.807) is 0 Å². The van der Waals surface area contributed by atoms with Gasteiger partial charge in [0.25, 0.3) is 0 Å². The molecule has 1 aromatic rings. The Bertz CT molecular complexity index is 249. The summed E-state index contributed by atoms with van der Waals surface area (Å²) in [6, 6.07) is 4.12. The van der Waals surface area contributed by atoms with Gasteiger partial charge in [0.15, 0.2) is 0 Å². The second-order valence-electron chi connectivity index (χ2n) is 3.98. The van der Waals surface area contributed by atoms with Crippen molar-refractivity contribution in [1.82, 2.24) is 10.3 Å². The predicted octanol–water partition coefficient (Wildman–Crippen LogP) is 2.81. The Hall–Kier alpha value is -0.540. The van der Waals surface area contributed by atoms with Crippen molar-refractivity contribution in [1.29, 1.82) is 0 Å². The van der Waals surface area contributed by atoms with E-state index < -0.39 is 0 Å². The van der Waals surface area contributed by atoms with Crippen molar-refractivity contribution in [2.24, 2.45) is 5.92 Å². The van der Waals surface area contributed by atoms with Crippen molar-refractivity contribution in [3.63, 3.8) is 0 Å². The molecule has 15 heavy (non-hydrogen) atoms. The van der Waals surface area contributed by atoms with Crippen molar-refractivity contribution in [2.45, 2.75) is 25.2 Å². The number of nitrogens with one attached hydrogen (secondary N) is 1. The molecule has 0 aliphatic carbocycles. The molecule has 3 heteroatoms. The molecule has 1 aromatic heterocycles. The molecule has 0 aliphatic heterocycles. The summed E-state index contributed by atoms with van der Waals surface area (Å²) in [5.41, 5.74) is 0. The molecule has 0 amide bonds. The molecule has 0 unspecified atom stereocenters. The summed E-state index contributed by atoms with van der Waals surface area (Å²) in [5.74, 6) is 1.92. The van der Waals surface area contributed by atoms with Gasteiger partial charge in [-0.2, -0.15) is 0 Å². The normalized spacial score (nSPS) is 10.9. The summed E-state index contributed by atoms with van der Waals surface area (Å²) < 4.78 is 0. The number of hydrogen-bond acceptors (Lipinski definition) is 3. The van der Waals surface area contributed by atoms with Gasteiger partial charge in [0, 0.05) is 17.3 Å². The second kappa shape index (κ2) is 7.71. The maximum absolute atomic E-state index is 4.00. The van der Waals surface area contributed by atoms with Crippen molar-refractivity contribution in [2.75, 3.05) is 18.8 Å². The minimum absolute atomic E-state index is 0.748. The highest BCUT2D eigenvalue weighted by molar-refractivity contribution is 7.99. The standard InChI is InChI=1S/C12H20N2S/c1-11(2)10-14-6-3-9-15-12-4-7-13-8-5-12/h4-5,7-8,11,14H,3,6,9-10H2,1-2H3. The van der Waals surface area contributed by atoms with Gasteiger partial charge in [0.05, 0.1) is 0 Å². The first-order valence-electron chi connectivity index (χ1n) is 5.52. The van der Waals surface area contributed by atoms with Gasteiger partial charge in [-0.1, -0.05) is 13.8 Å². The van der Waals surface area contributed by atoms with E-state index in [1.807, 2.05) is 24.2 Å².